The molecule has 0 aliphatic carbocycles. The second-order valence-corrected chi connectivity index (χ2v) is 7.72. The quantitative estimate of drug-likeness (QED) is 0.704. The van der Waals surface area contributed by atoms with Crippen LogP contribution in [0.5, 0.6) is 0 Å². The Labute approximate surface area is 148 Å². The molecular weight excluding hydrogens is 359 g/mol. The number of nitrogens with two attached hydrogens (primary N) is 1. The van der Waals surface area contributed by atoms with Crippen LogP contribution in [-0.4, -0.2) is 29.2 Å². The van der Waals surface area contributed by atoms with E-state index in [-0.39, 0.29) is 18.6 Å². The van der Waals surface area contributed by atoms with Crippen LogP contribution in [0.3, 0.4) is 0 Å². The fourth-order valence-electron chi connectivity index (χ4n) is 3.27. The molecule has 2 aromatic heterocycles. The third-order valence-electron chi connectivity index (χ3n) is 4.55. The number of hydrogen-bond donors (Lipinski definition) is 2. The normalized spacial score (nSPS) is 15.2. The van der Waals surface area contributed by atoms with Crippen molar-refractivity contribution in [2.75, 3.05) is 6.54 Å². The Bertz CT molecular complexity index is 1190. The summed E-state index contributed by atoms with van der Waals surface area (Å²) in [4.78, 5) is 18.2. The highest BCUT2D eigenvalue weighted by Gasteiger charge is 2.25. The zero-order valence-corrected chi connectivity index (χ0v) is 14.4. The van der Waals surface area contributed by atoms with Crippen LogP contribution in [0.1, 0.15) is 11.1 Å². The Morgan fingerprint density at radius 3 is 2.73 bits per heavy atom. The lowest BCUT2D eigenvalue weighted by atomic mass is 9.94. The molecule has 0 amide bonds. The number of halogens is 1. The maximum Gasteiger partial charge on any atom is 0.277 e. The third kappa shape index (κ3) is 2.90. The summed E-state index contributed by atoms with van der Waals surface area (Å²) in [6.45, 7) is 0.325. The van der Waals surface area contributed by atoms with E-state index >= 15 is 0 Å². The molecule has 9 heteroatoms. The molecule has 0 fully saturated rings. The van der Waals surface area contributed by atoms with Gasteiger partial charge in [0.2, 0.25) is 5.56 Å². The summed E-state index contributed by atoms with van der Waals surface area (Å²) in [5.74, 6) is -0.411. The largest absolute Gasteiger partial charge is 0.307 e. The van der Waals surface area contributed by atoms with Crippen molar-refractivity contribution < 1.29 is 12.8 Å². The number of nitrogens with one attached hydrogen (secondary N) is 1. The maximum atomic E-state index is 14.8. The number of pyridine rings is 2. The first kappa shape index (κ1) is 16.8. The Morgan fingerprint density at radius 1 is 1.15 bits per heavy atom. The van der Waals surface area contributed by atoms with Crippen molar-refractivity contribution >= 4 is 21.2 Å². The zero-order valence-electron chi connectivity index (χ0n) is 13.6. The molecule has 3 heterocycles. The molecule has 3 aromatic rings. The number of rotatable bonds is 2. The number of hydrogen-bond acceptors (Lipinski definition) is 4. The van der Waals surface area contributed by atoms with Crippen molar-refractivity contribution in [1.29, 1.82) is 0 Å². The number of nitrogens with zero attached hydrogens (tertiary/aromatic N) is 2. The summed E-state index contributed by atoms with van der Waals surface area (Å²) in [6.07, 6.45) is 1.89. The predicted octanol–water partition coefficient (Wildman–Crippen LogP) is 1.29. The van der Waals surface area contributed by atoms with Crippen molar-refractivity contribution in [3.8, 4) is 11.1 Å². The standard InChI is InChI=1S/C17H15FN4O3S/c18-15-8-10-4-6-22(26(19,24)25)9-11(10)7-14(15)12-3-5-20-17-13(12)1-2-16(23)21-17/h1-3,5,7-8H,4,6,9H2,(H2,19,24,25)(H,20,21,23). The maximum absolute atomic E-state index is 14.8. The summed E-state index contributed by atoms with van der Waals surface area (Å²) in [6, 6.07) is 7.68. The van der Waals surface area contributed by atoms with Crippen molar-refractivity contribution in [1.82, 2.24) is 14.3 Å². The van der Waals surface area contributed by atoms with Gasteiger partial charge in [0.05, 0.1) is 0 Å². The fourth-order valence-corrected chi connectivity index (χ4v) is 3.94. The molecule has 0 radical (unpaired) electrons. The number of H-pyrrole nitrogens is 1. The van der Waals surface area contributed by atoms with E-state index in [2.05, 4.69) is 9.97 Å². The lowest BCUT2D eigenvalue weighted by Gasteiger charge is -2.27. The van der Waals surface area contributed by atoms with Gasteiger partial charge >= 0.3 is 0 Å². The van der Waals surface area contributed by atoms with Crippen LogP contribution in [0.25, 0.3) is 22.2 Å². The minimum absolute atomic E-state index is 0.0985. The smallest absolute Gasteiger partial charge is 0.277 e. The first-order chi connectivity index (χ1) is 12.3. The van der Waals surface area contributed by atoms with E-state index in [1.807, 2.05) is 0 Å². The van der Waals surface area contributed by atoms with Gasteiger partial charge in [-0.15, -0.1) is 0 Å². The van der Waals surface area contributed by atoms with E-state index in [1.165, 1.54) is 22.6 Å². The van der Waals surface area contributed by atoms with Crippen molar-refractivity contribution in [3.05, 3.63) is 63.8 Å². The van der Waals surface area contributed by atoms with Crippen LogP contribution in [0.2, 0.25) is 0 Å². The molecule has 1 aliphatic rings. The Morgan fingerprint density at radius 2 is 1.96 bits per heavy atom. The van der Waals surface area contributed by atoms with E-state index in [0.29, 0.717) is 34.1 Å². The second kappa shape index (κ2) is 5.97. The topological polar surface area (TPSA) is 109 Å². The Hall–Kier alpha value is -2.62. The molecule has 1 aliphatic heterocycles. The SMILES string of the molecule is NS(=O)(=O)N1CCc2cc(F)c(-c3ccnc4[nH]c(=O)ccc34)cc2C1. The first-order valence-corrected chi connectivity index (χ1v) is 9.41. The van der Waals surface area contributed by atoms with Gasteiger partial charge in [-0.2, -0.15) is 12.7 Å². The van der Waals surface area contributed by atoms with Crippen molar-refractivity contribution in [3.63, 3.8) is 0 Å². The highest BCUT2D eigenvalue weighted by atomic mass is 32.2. The lowest BCUT2D eigenvalue weighted by Crippen LogP contribution is -2.40. The van der Waals surface area contributed by atoms with Crippen LogP contribution >= 0.6 is 0 Å². The molecule has 7 nitrogen and oxygen atoms in total. The van der Waals surface area contributed by atoms with Gasteiger partial charge in [-0.1, -0.05) is 0 Å². The molecule has 0 saturated heterocycles. The van der Waals surface area contributed by atoms with E-state index in [4.69, 9.17) is 5.14 Å². The summed E-state index contributed by atoms with van der Waals surface area (Å²) >= 11 is 0. The highest BCUT2D eigenvalue weighted by molar-refractivity contribution is 7.86. The zero-order chi connectivity index (χ0) is 18.5. The van der Waals surface area contributed by atoms with Gasteiger partial charge in [0.25, 0.3) is 10.2 Å². The number of benzene rings is 1. The summed E-state index contributed by atoms with van der Waals surface area (Å²) in [7, 11) is -3.81. The summed E-state index contributed by atoms with van der Waals surface area (Å²) < 4.78 is 39.1. The molecule has 0 unspecified atom stereocenters. The lowest BCUT2D eigenvalue weighted by molar-refractivity contribution is 0.391. The van der Waals surface area contributed by atoms with Gasteiger partial charge < -0.3 is 4.98 Å². The number of aromatic nitrogens is 2. The molecule has 0 bridgehead atoms. The van der Waals surface area contributed by atoms with Gasteiger partial charge in [0.15, 0.2) is 0 Å². The Balaban J connectivity index is 1.88. The van der Waals surface area contributed by atoms with Gasteiger partial charge in [-0.05, 0) is 47.4 Å². The predicted molar refractivity (Wildman–Crippen MR) is 95.0 cm³/mol. The second-order valence-electron chi connectivity index (χ2n) is 6.17. The average molecular weight is 374 g/mol. The molecule has 26 heavy (non-hydrogen) atoms. The molecule has 0 spiro atoms. The number of fused-ring (bicyclic) bond motifs is 2. The average Bonchev–Trinajstić information content (AvgIpc) is 2.59. The van der Waals surface area contributed by atoms with Crippen LogP contribution in [0.15, 0.2) is 41.3 Å². The van der Waals surface area contributed by atoms with Gasteiger partial charge in [0.1, 0.15) is 11.5 Å². The monoisotopic (exact) mass is 374 g/mol. The van der Waals surface area contributed by atoms with Crippen molar-refractivity contribution in [2.45, 2.75) is 13.0 Å². The summed E-state index contributed by atoms with van der Waals surface area (Å²) in [5, 5.41) is 5.82. The molecule has 0 saturated carbocycles. The first-order valence-electron chi connectivity index (χ1n) is 7.90. The molecule has 3 N–H and O–H groups in total. The van der Waals surface area contributed by atoms with E-state index in [0.717, 1.165) is 5.56 Å². The third-order valence-corrected chi connectivity index (χ3v) is 5.58. The van der Waals surface area contributed by atoms with E-state index in [9.17, 15) is 17.6 Å². The van der Waals surface area contributed by atoms with Crippen LogP contribution in [0, 0.1) is 5.82 Å². The highest BCUT2D eigenvalue weighted by Crippen LogP contribution is 2.32. The van der Waals surface area contributed by atoms with Crippen molar-refractivity contribution in [2.24, 2.45) is 5.14 Å². The van der Waals surface area contributed by atoms with Gasteiger partial charge in [-0.3, -0.25) is 4.79 Å². The molecule has 0 atom stereocenters. The van der Waals surface area contributed by atoms with Crippen LogP contribution < -0.4 is 10.7 Å². The van der Waals surface area contributed by atoms with E-state index in [1.54, 1.807) is 18.2 Å². The van der Waals surface area contributed by atoms with Gasteiger partial charge in [-0.25, -0.2) is 14.5 Å². The molecule has 1 aromatic carbocycles. The summed E-state index contributed by atoms with van der Waals surface area (Å²) in [5.41, 5.74) is 2.42. The molecule has 4 rings (SSSR count). The van der Waals surface area contributed by atoms with Crippen LogP contribution in [-0.2, 0) is 23.2 Å². The molecule has 134 valence electrons. The molecular formula is C17H15FN4O3S. The number of aromatic amines is 1. The van der Waals surface area contributed by atoms with Crippen LogP contribution in [0.4, 0.5) is 4.39 Å². The Kier molecular flexibility index (Phi) is 3.87. The minimum atomic E-state index is -3.81. The fraction of sp³-hybridized carbons (Fsp3) is 0.176. The van der Waals surface area contributed by atoms with Gasteiger partial charge in [0, 0.05) is 36.3 Å². The minimum Gasteiger partial charge on any atom is -0.307 e. The van der Waals surface area contributed by atoms with E-state index < -0.39 is 16.0 Å².